The van der Waals surface area contributed by atoms with Crippen molar-refractivity contribution in [1.29, 1.82) is 0 Å². The van der Waals surface area contributed by atoms with Crippen LogP contribution in [0.1, 0.15) is 15.9 Å². The van der Waals surface area contributed by atoms with Gasteiger partial charge in [0.2, 0.25) is 0 Å². The van der Waals surface area contributed by atoms with Gasteiger partial charge in [-0.15, -0.1) is 0 Å². The summed E-state index contributed by atoms with van der Waals surface area (Å²) in [6.45, 7) is 1.99. The Morgan fingerprint density at radius 2 is 1.81 bits per heavy atom. The largest absolute Gasteiger partial charge is 0.322 e. The smallest absolute Gasteiger partial charge is 0.257 e. The molecule has 2 aromatic carbocycles. The molecular weight excluding hydrogens is 336 g/mol. The average Bonchev–Trinajstić information content (AvgIpc) is 3.25. The molecule has 0 bridgehead atoms. The first-order valence-corrected chi connectivity index (χ1v) is 8.63. The Bertz CT molecular complexity index is 1070. The molecule has 5 nitrogen and oxygen atoms in total. The van der Waals surface area contributed by atoms with Crippen molar-refractivity contribution in [3.63, 3.8) is 0 Å². The van der Waals surface area contributed by atoms with Gasteiger partial charge in [-0.25, -0.2) is 0 Å². The normalized spacial score (nSPS) is 10.6. The number of amides is 1. The number of hydrogen-bond acceptors (Lipinski definition) is 3. The molecule has 0 unspecified atom stereocenters. The van der Waals surface area contributed by atoms with Crippen LogP contribution in [0.15, 0.2) is 79.3 Å². The molecule has 2 N–H and O–H groups in total. The fraction of sp³-hybridized carbons (Fsp3) is 0.0455. The number of carbonyl (C=O) groups is 1. The second-order valence-corrected chi connectivity index (χ2v) is 6.27. The van der Waals surface area contributed by atoms with Gasteiger partial charge >= 0.3 is 0 Å². The summed E-state index contributed by atoms with van der Waals surface area (Å²) in [5, 5.41) is 10.0. The molecule has 0 spiro atoms. The standard InChI is InChI=1S/C22H18N4O/c1-15-12-17(16-4-2-5-18(13-16)21-9-11-24-26-21)7-8-20(15)25-22(27)19-6-3-10-23-14-19/h2-14H,1H3,(H,24,26)(H,25,27). The number of hydrogen-bond donors (Lipinski definition) is 2. The Morgan fingerprint density at radius 3 is 2.56 bits per heavy atom. The van der Waals surface area contributed by atoms with Crippen LogP contribution < -0.4 is 5.32 Å². The number of nitrogens with one attached hydrogen (secondary N) is 2. The highest BCUT2D eigenvalue weighted by molar-refractivity contribution is 6.04. The quantitative estimate of drug-likeness (QED) is 0.558. The zero-order valence-corrected chi connectivity index (χ0v) is 14.8. The van der Waals surface area contributed by atoms with Gasteiger partial charge in [-0.1, -0.05) is 24.3 Å². The van der Waals surface area contributed by atoms with Crippen LogP contribution in [-0.4, -0.2) is 21.1 Å². The predicted molar refractivity (Wildman–Crippen MR) is 106 cm³/mol. The average molecular weight is 354 g/mol. The predicted octanol–water partition coefficient (Wildman–Crippen LogP) is 4.70. The summed E-state index contributed by atoms with van der Waals surface area (Å²) in [5.41, 5.74) is 6.47. The molecule has 2 heterocycles. The van der Waals surface area contributed by atoms with Crippen molar-refractivity contribution in [2.45, 2.75) is 6.92 Å². The van der Waals surface area contributed by atoms with E-state index in [1.54, 1.807) is 24.5 Å². The summed E-state index contributed by atoms with van der Waals surface area (Å²) in [5.74, 6) is -0.167. The van der Waals surface area contributed by atoms with Crippen molar-refractivity contribution in [2.24, 2.45) is 0 Å². The van der Waals surface area contributed by atoms with E-state index in [1.165, 1.54) is 0 Å². The molecule has 0 aliphatic rings. The van der Waals surface area contributed by atoms with Crippen molar-refractivity contribution in [1.82, 2.24) is 15.2 Å². The third-order valence-electron chi connectivity index (χ3n) is 4.39. The van der Waals surface area contributed by atoms with Gasteiger partial charge in [0.15, 0.2) is 0 Å². The van der Waals surface area contributed by atoms with E-state index in [0.29, 0.717) is 5.56 Å². The monoisotopic (exact) mass is 354 g/mol. The second-order valence-electron chi connectivity index (χ2n) is 6.27. The topological polar surface area (TPSA) is 70.7 Å². The van der Waals surface area contributed by atoms with E-state index in [2.05, 4.69) is 38.7 Å². The molecule has 132 valence electrons. The van der Waals surface area contributed by atoms with E-state index in [1.807, 2.05) is 43.5 Å². The maximum Gasteiger partial charge on any atom is 0.257 e. The zero-order chi connectivity index (χ0) is 18.6. The Balaban J connectivity index is 1.59. The molecule has 5 heteroatoms. The van der Waals surface area contributed by atoms with Gasteiger partial charge in [-0.2, -0.15) is 5.10 Å². The first-order valence-electron chi connectivity index (χ1n) is 8.63. The zero-order valence-electron chi connectivity index (χ0n) is 14.8. The summed E-state index contributed by atoms with van der Waals surface area (Å²) < 4.78 is 0. The lowest BCUT2D eigenvalue weighted by atomic mass is 9.99. The van der Waals surface area contributed by atoms with Gasteiger partial charge in [0.25, 0.3) is 5.91 Å². The van der Waals surface area contributed by atoms with E-state index < -0.39 is 0 Å². The summed E-state index contributed by atoms with van der Waals surface area (Å²) in [6, 6.07) is 19.7. The van der Waals surface area contributed by atoms with Gasteiger partial charge in [0.1, 0.15) is 0 Å². The molecule has 0 aliphatic carbocycles. The number of aromatic nitrogens is 3. The number of anilines is 1. The lowest BCUT2D eigenvalue weighted by Crippen LogP contribution is -2.12. The fourth-order valence-corrected chi connectivity index (χ4v) is 2.95. The molecule has 1 amide bonds. The van der Waals surface area contributed by atoms with E-state index in [9.17, 15) is 4.79 Å². The lowest BCUT2D eigenvalue weighted by Gasteiger charge is -2.11. The van der Waals surface area contributed by atoms with Crippen LogP contribution in [0, 0.1) is 6.92 Å². The summed E-state index contributed by atoms with van der Waals surface area (Å²) in [6.07, 6.45) is 5.01. The number of carbonyl (C=O) groups excluding carboxylic acids is 1. The van der Waals surface area contributed by atoms with E-state index in [-0.39, 0.29) is 5.91 Å². The Kier molecular flexibility index (Phi) is 4.49. The molecular formula is C22H18N4O. The van der Waals surface area contributed by atoms with Crippen molar-refractivity contribution in [2.75, 3.05) is 5.32 Å². The number of pyridine rings is 1. The number of benzene rings is 2. The third kappa shape index (κ3) is 3.62. The molecule has 0 fully saturated rings. The first-order chi connectivity index (χ1) is 13.2. The summed E-state index contributed by atoms with van der Waals surface area (Å²) in [7, 11) is 0. The molecule has 0 saturated heterocycles. The molecule has 0 aliphatic heterocycles. The van der Waals surface area contributed by atoms with E-state index in [4.69, 9.17) is 0 Å². The van der Waals surface area contributed by atoms with Crippen LogP contribution in [-0.2, 0) is 0 Å². The second kappa shape index (κ2) is 7.25. The maximum atomic E-state index is 12.3. The third-order valence-corrected chi connectivity index (χ3v) is 4.39. The summed E-state index contributed by atoms with van der Waals surface area (Å²) >= 11 is 0. The van der Waals surface area contributed by atoms with Crippen LogP contribution in [0.4, 0.5) is 5.69 Å². The molecule has 2 aromatic heterocycles. The van der Waals surface area contributed by atoms with Crippen LogP contribution in [0.5, 0.6) is 0 Å². The van der Waals surface area contributed by atoms with Gasteiger partial charge in [0.05, 0.1) is 11.3 Å². The Hall–Kier alpha value is -3.73. The SMILES string of the molecule is Cc1cc(-c2cccc(-c3cc[nH]n3)c2)ccc1NC(=O)c1cccnc1. The van der Waals surface area contributed by atoms with Gasteiger partial charge in [0, 0.05) is 29.8 Å². The number of H-pyrrole nitrogens is 1. The highest BCUT2D eigenvalue weighted by Crippen LogP contribution is 2.28. The summed E-state index contributed by atoms with van der Waals surface area (Å²) in [4.78, 5) is 16.3. The number of nitrogens with zero attached hydrogens (tertiary/aromatic N) is 2. The molecule has 4 rings (SSSR count). The van der Waals surface area contributed by atoms with Crippen LogP contribution in [0.3, 0.4) is 0 Å². The Morgan fingerprint density at radius 1 is 0.963 bits per heavy atom. The first kappa shape index (κ1) is 16.7. The molecule has 0 atom stereocenters. The van der Waals surface area contributed by atoms with Crippen LogP contribution >= 0.6 is 0 Å². The lowest BCUT2D eigenvalue weighted by molar-refractivity contribution is 0.102. The van der Waals surface area contributed by atoms with Crippen LogP contribution in [0.2, 0.25) is 0 Å². The van der Waals surface area contributed by atoms with Gasteiger partial charge in [-0.3, -0.25) is 14.9 Å². The van der Waals surface area contributed by atoms with Gasteiger partial charge in [-0.05, 0) is 60.0 Å². The molecule has 0 radical (unpaired) electrons. The van der Waals surface area contributed by atoms with Crippen molar-refractivity contribution in [3.05, 3.63) is 90.4 Å². The number of aryl methyl sites for hydroxylation is 1. The Labute approximate surface area is 157 Å². The van der Waals surface area contributed by atoms with Gasteiger partial charge < -0.3 is 5.32 Å². The van der Waals surface area contributed by atoms with Crippen molar-refractivity contribution in [3.8, 4) is 22.4 Å². The number of rotatable bonds is 4. The minimum Gasteiger partial charge on any atom is -0.322 e. The van der Waals surface area contributed by atoms with Crippen molar-refractivity contribution >= 4 is 11.6 Å². The molecule has 0 saturated carbocycles. The highest BCUT2D eigenvalue weighted by atomic mass is 16.1. The molecule has 27 heavy (non-hydrogen) atoms. The minimum atomic E-state index is -0.167. The highest BCUT2D eigenvalue weighted by Gasteiger charge is 2.09. The van der Waals surface area contributed by atoms with E-state index >= 15 is 0 Å². The van der Waals surface area contributed by atoms with Crippen LogP contribution in [0.25, 0.3) is 22.4 Å². The van der Waals surface area contributed by atoms with E-state index in [0.717, 1.165) is 33.6 Å². The number of aromatic amines is 1. The maximum absolute atomic E-state index is 12.3. The van der Waals surface area contributed by atoms with Crippen molar-refractivity contribution < 1.29 is 4.79 Å². The fourth-order valence-electron chi connectivity index (χ4n) is 2.95. The molecule has 4 aromatic rings. The minimum absolute atomic E-state index is 0.167.